The highest BCUT2D eigenvalue weighted by molar-refractivity contribution is 5.55. The molecule has 0 radical (unpaired) electrons. The van der Waals surface area contributed by atoms with E-state index in [1.165, 1.54) is 6.20 Å². The zero-order valence-electron chi connectivity index (χ0n) is 9.31. The van der Waals surface area contributed by atoms with Crippen LogP contribution in [0, 0.1) is 0 Å². The topological polar surface area (TPSA) is 83.8 Å². The molecule has 4 N–H and O–H groups in total. The zero-order chi connectivity index (χ0) is 12.1. The molecule has 0 spiro atoms. The van der Waals surface area contributed by atoms with Crippen molar-refractivity contribution < 1.29 is 0 Å². The van der Waals surface area contributed by atoms with E-state index in [9.17, 15) is 4.79 Å². The first kappa shape index (κ1) is 11.3. The van der Waals surface area contributed by atoms with E-state index < -0.39 is 0 Å². The van der Waals surface area contributed by atoms with E-state index in [4.69, 9.17) is 5.73 Å². The van der Waals surface area contributed by atoms with Crippen LogP contribution in [-0.4, -0.2) is 23.1 Å². The van der Waals surface area contributed by atoms with Crippen LogP contribution in [0.15, 0.2) is 41.3 Å². The first-order valence-corrected chi connectivity index (χ1v) is 5.40. The van der Waals surface area contributed by atoms with Gasteiger partial charge in [-0.25, -0.2) is 4.98 Å². The number of hydrogen-bond donors (Lipinski definition) is 3. The average Bonchev–Trinajstić information content (AvgIpc) is 2.38. The fourth-order valence-corrected chi connectivity index (χ4v) is 1.47. The fourth-order valence-electron chi connectivity index (χ4n) is 1.47. The van der Waals surface area contributed by atoms with Crippen LogP contribution in [0.4, 0.5) is 5.69 Å². The number of aromatic nitrogens is 2. The van der Waals surface area contributed by atoms with Crippen LogP contribution >= 0.6 is 0 Å². The van der Waals surface area contributed by atoms with Gasteiger partial charge in [0.1, 0.15) is 11.5 Å². The van der Waals surface area contributed by atoms with Gasteiger partial charge in [0.15, 0.2) is 0 Å². The molecule has 0 amide bonds. The summed E-state index contributed by atoms with van der Waals surface area (Å²) < 4.78 is 0. The molecule has 88 valence electrons. The van der Waals surface area contributed by atoms with E-state index in [1.807, 2.05) is 30.3 Å². The molecule has 0 fully saturated rings. The average molecular weight is 230 g/mol. The van der Waals surface area contributed by atoms with Gasteiger partial charge in [-0.2, -0.15) is 0 Å². The monoisotopic (exact) mass is 230 g/mol. The summed E-state index contributed by atoms with van der Waals surface area (Å²) in [6.07, 6.45) is 1.52. The zero-order valence-corrected chi connectivity index (χ0v) is 9.31. The molecule has 0 aliphatic heterocycles. The van der Waals surface area contributed by atoms with Crippen molar-refractivity contribution in [3.8, 4) is 11.4 Å². The summed E-state index contributed by atoms with van der Waals surface area (Å²) in [4.78, 5) is 18.7. The number of nitrogens with one attached hydrogen (secondary N) is 2. The number of aromatic amines is 1. The Morgan fingerprint density at radius 2 is 2.06 bits per heavy atom. The Labute approximate surface area is 98.7 Å². The van der Waals surface area contributed by atoms with Gasteiger partial charge < -0.3 is 16.0 Å². The van der Waals surface area contributed by atoms with Gasteiger partial charge in [-0.05, 0) is 0 Å². The largest absolute Gasteiger partial charge is 0.378 e. The molecule has 0 aliphatic carbocycles. The molecule has 0 saturated carbocycles. The molecular formula is C12H14N4O. The van der Waals surface area contributed by atoms with Gasteiger partial charge in [0.2, 0.25) is 0 Å². The van der Waals surface area contributed by atoms with Crippen LogP contribution in [0.25, 0.3) is 11.4 Å². The maximum Gasteiger partial charge on any atom is 0.274 e. The van der Waals surface area contributed by atoms with Crippen molar-refractivity contribution >= 4 is 5.69 Å². The lowest BCUT2D eigenvalue weighted by Gasteiger charge is -2.04. The Hall–Kier alpha value is -2.14. The summed E-state index contributed by atoms with van der Waals surface area (Å²) in [6.45, 7) is 1.02. The molecule has 5 nitrogen and oxygen atoms in total. The van der Waals surface area contributed by atoms with Gasteiger partial charge in [-0.15, -0.1) is 0 Å². The first-order chi connectivity index (χ1) is 8.31. The van der Waals surface area contributed by atoms with Gasteiger partial charge in [0.25, 0.3) is 5.56 Å². The van der Waals surface area contributed by atoms with Crippen molar-refractivity contribution in [2.24, 2.45) is 5.73 Å². The molecule has 0 bridgehead atoms. The van der Waals surface area contributed by atoms with Crippen molar-refractivity contribution in [3.05, 3.63) is 46.9 Å². The minimum atomic E-state index is -0.188. The predicted octanol–water partition coefficient (Wildman–Crippen LogP) is 0.807. The maximum absolute atomic E-state index is 11.7. The lowest BCUT2D eigenvalue weighted by Crippen LogP contribution is -2.20. The summed E-state index contributed by atoms with van der Waals surface area (Å²) in [5, 5.41) is 2.91. The van der Waals surface area contributed by atoms with E-state index >= 15 is 0 Å². The van der Waals surface area contributed by atoms with E-state index in [1.54, 1.807) is 0 Å². The van der Waals surface area contributed by atoms with Crippen LogP contribution < -0.4 is 16.6 Å². The van der Waals surface area contributed by atoms with E-state index in [0.717, 1.165) is 5.56 Å². The van der Waals surface area contributed by atoms with Crippen LogP contribution in [0.5, 0.6) is 0 Å². The lowest BCUT2D eigenvalue weighted by atomic mass is 10.2. The van der Waals surface area contributed by atoms with Crippen LogP contribution in [0.2, 0.25) is 0 Å². The van der Waals surface area contributed by atoms with Gasteiger partial charge in [-0.3, -0.25) is 4.79 Å². The summed E-state index contributed by atoms with van der Waals surface area (Å²) in [7, 11) is 0. The van der Waals surface area contributed by atoms with Gasteiger partial charge in [0.05, 0.1) is 6.20 Å². The third-order valence-electron chi connectivity index (χ3n) is 2.31. The number of H-pyrrole nitrogens is 1. The summed E-state index contributed by atoms with van der Waals surface area (Å²) in [5.74, 6) is 0.564. The van der Waals surface area contributed by atoms with Crippen molar-refractivity contribution in [1.82, 2.24) is 9.97 Å². The summed E-state index contributed by atoms with van der Waals surface area (Å²) in [6, 6.07) is 9.50. The second kappa shape index (κ2) is 5.27. The molecule has 0 unspecified atom stereocenters. The summed E-state index contributed by atoms with van der Waals surface area (Å²) >= 11 is 0. The van der Waals surface area contributed by atoms with Gasteiger partial charge in [-0.1, -0.05) is 30.3 Å². The van der Waals surface area contributed by atoms with E-state index in [2.05, 4.69) is 15.3 Å². The van der Waals surface area contributed by atoms with Gasteiger partial charge >= 0.3 is 0 Å². The SMILES string of the molecule is NCCNc1cnc(-c2ccccc2)[nH]c1=O. The molecule has 2 rings (SSSR count). The Morgan fingerprint density at radius 1 is 1.29 bits per heavy atom. The first-order valence-electron chi connectivity index (χ1n) is 5.40. The highest BCUT2D eigenvalue weighted by Gasteiger charge is 2.03. The molecule has 0 atom stereocenters. The number of nitrogens with two attached hydrogens (primary N) is 1. The van der Waals surface area contributed by atoms with E-state index in [0.29, 0.717) is 24.6 Å². The highest BCUT2D eigenvalue weighted by Crippen LogP contribution is 2.12. The fraction of sp³-hybridized carbons (Fsp3) is 0.167. The van der Waals surface area contributed by atoms with Crippen molar-refractivity contribution in [2.45, 2.75) is 0 Å². The molecule has 0 saturated heterocycles. The molecule has 1 aromatic carbocycles. The van der Waals surface area contributed by atoms with E-state index in [-0.39, 0.29) is 5.56 Å². The molecule has 5 heteroatoms. The number of hydrogen-bond acceptors (Lipinski definition) is 4. The molecule has 2 aromatic rings. The summed E-state index contributed by atoms with van der Waals surface area (Å²) in [5.41, 5.74) is 6.49. The third kappa shape index (κ3) is 2.70. The molecular weight excluding hydrogens is 216 g/mol. The van der Waals surface area contributed by atoms with Crippen LogP contribution in [0.1, 0.15) is 0 Å². The van der Waals surface area contributed by atoms with Crippen molar-refractivity contribution in [3.63, 3.8) is 0 Å². The van der Waals surface area contributed by atoms with Crippen LogP contribution in [-0.2, 0) is 0 Å². The standard InChI is InChI=1S/C12H14N4O/c13-6-7-14-10-8-15-11(16-12(10)17)9-4-2-1-3-5-9/h1-5,8,14H,6-7,13H2,(H,15,16,17). The molecule has 1 heterocycles. The van der Waals surface area contributed by atoms with Crippen molar-refractivity contribution in [2.75, 3.05) is 18.4 Å². The Balaban J connectivity index is 2.28. The normalized spacial score (nSPS) is 10.2. The molecule has 1 aromatic heterocycles. The van der Waals surface area contributed by atoms with Crippen LogP contribution in [0.3, 0.4) is 0 Å². The molecule has 0 aliphatic rings. The smallest absolute Gasteiger partial charge is 0.274 e. The lowest BCUT2D eigenvalue weighted by molar-refractivity contribution is 1.01. The molecule has 17 heavy (non-hydrogen) atoms. The number of rotatable bonds is 4. The highest BCUT2D eigenvalue weighted by atomic mass is 16.1. The quantitative estimate of drug-likeness (QED) is 0.725. The van der Waals surface area contributed by atoms with Gasteiger partial charge in [0, 0.05) is 18.7 Å². The third-order valence-corrected chi connectivity index (χ3v) is 2.31. The predicted molar refractivity (Wildman–Crippen MR) is 67.8 cm³/mol. The minimum Gasteiger partial charge on any atom is -0.378 e. The number of benzene rings is 1. The Morgan fingerprint density at radius 3 is 2.71 bits per heavy atom. The second-order valence-corrected chi connectivity index (χ2v) is 3.56. The maximum atomic E-state index is 11.7. The number of nitrogens with zero attached hydrogens (tertiary/aromatic N) is 1. The second-order valence-electron chi connectivity index (χ2n) is 3.56. The Bertz CT molecular complexity index is 536. The number of anilines is 1. The Kier molecular flexibility index (Phi) is 3.52. The minimum absolute atomic E-state index is 0.188. The van der Waals surface area contributed by atoms with Crippen molar-refractivity contribution in [1.29, 1.82) is 0 Å².